The van der Waals surface area contributed by atoms with E-state index in [1.54, 1.807) is 21.9 Å². The van der Waals surface area contributed by atoms with Crippen molar-refractivity contribution >= 4 is 88.5 Å². The SMILES string of the molecule is [2H]c1c([2H])c([2H])c2c([2H])c([2H])c(N(c3ccc(F)cc3)c3ccc4ccc5c(N(c6ccc(F)cc6)c6nc7c([2H])c([2H])c([2H])c([2H])c7c([2H])c6[2H])ccc6ccc3c4c65)nc2c1[2H]. The van der Waals surface area contributed by atoms with E-state index in [0.717, 1.165) is 10.8 Å². The van der Waals surface area contributed by atoms with Gasteiger partial charge in [-0.1, -0.05) is 72.7 Å². The number of rotatable bonds is 6. The lowest BCUT2D eigenvalue weighted by molar-refractivity contribution is 0.627. The third-order valence-corrected chi connectivity index (χ3v) is 9.06. The highest BCUT2D eigenvalue weighted by Gasteiger charge is 2.23. The second-order valence-corrected chi connectivity index (χ2v) is 12.0. The van der Waals surface area contributed by atoms with Crippen molar-refractivity contribution in [3.05, 3.63) is 181 Å². The van der Waals surface area contributed by atoms with E-state index in [0.29, 0.717) is 44.3 Å². The van der Waals surface area contributed by atoms with Gasteiger partial charge in [-0.25, -0.2) is 18.7 Å². The van der Waals surface area contributed by atoms with Gasteiger partial charge in [-0.05, 0) is 118 Å². The van der Waals surface area contributed by atoms with Crippen molar-refractivity contribution < 1.29 is 25.2 Å². The standard InChI is InChI=1S/C46H28F2N4/c47-33-15-19-35(20-16-33)51(43-27-13-29-5-1-3-7-39(29)49-43)41-25-11-31-10-24-38-42(26-12-32-9-23-37(41)45(31)46(32)38)52(36-21-17-34(48)18-22-36)44-28-14-30-6-2-4-8-40(30)50-44/h1-28H/i1D,2D,3D,4D,5D,6D,7D,8D,13D,14D,27D,28D. The smallest absolute Gasteiger partial charge is 0.138 e. The Labute approximate surface area is 314 Å². The molecule has 246 valence electrons. The van der Waals surface area contributed by atoms with E-state index in [4.69, 9.17) is 13.7 Å². The van der Waals surface area contributed by atoms with E-state index in [9.17, 15) is 11.5 Å². The topological polar surface area (TPSA) is 32.3 Å². The Balaban J connectivity index is 1.27. The lowest BCUT2D eigenvalue weighted by Gasteiger charge is -2.28. The molecule has 0 aliphatic carbocycles. The minimum atomic E-state index is -0.567. The Morgan fingerprint density at radius 3 is 1.25 bits per heavy atom. The summed E-state index contributed by atoms with van der Waals surface area (Å²) in [5, 5.41) is 3.70. The van der Waals surface area contributed by atoms with Crippen LogP contribution in [0.4, 0.5) is 43.2 Å². The molecule has 52 heavy (non-hydrogen) atoms. The number of para-hydroxylation sites is 2. The summed E-state index contributed by atoms with van der Waals surface area (Å²) in [5.74, 6) is -1.39. The first-order chi connectivity index (χ1) is 30.6. The van der Waals surface area contributed by atoms with Crippen LogP contribution >= 0.6 is 0 Å². The molecule has 0 aliphatic heterocycles. The molecule has 4 nitrogen and oxygen atoms in total. The second-order valence-electron chi connectivity index (χ2n) is 12.0. The monoisotopic (exact) mass is 686 g/mol. The van der Waals surface area contributed by atoms with Crippen LogP contribution in [-0.4, -0.2) is 9.97 Å². The van der Waals surface area contributed by atoms with Crippen LogP contribution in [0.5, 0.6) is 0 Å². The highest BCUT2D eigenvalue weighted by Crippen LogP contribution is 2.47. The van der Waals surface area contributed by atoms with Gasteiger partial charge >= 0.3 is 0 Å². The predicted octanol–water partition coefficient (Wildman–Crippen LogP) is 12.9. The van der Waals surface area contributed by atoms with Crippen molar-refractivity contribution in [3.8, 4) is 0 Å². The van der Waals surface area contributed by atoms with Gasteiger partial charge < -0.3 is 0 Å². The van der Waals surface area contributed by atoms with E-state index >= 15 is 0 Å². The van der Waals surface area contributed by atoms with Crippen LogP contribution in [0.2, 0.25) is 0 Å². The van der Waals surface area contributed by atoms with Gasteiger partial charge in [-0.2, -0.15) is 0 Å². The fraction of sp³-hybridized carbons (Fsp3) is 0. The number of anilines is 6. The molecular formula is C46H28F2N4. The van der Waals surface area contributed by atoms with Crippen LogP contribution in [0.1, 0.15) is 16.4 Å². The number of halogens is 2. The number of nitrogens with zero attached hydrogens (tertiary/aromatic N) is 4. The van der Waals surface area contributed by atoms with Crippen LogP contribution in [0.25, 0.3) is 54.1 Å². The maximum absolute atomic E-state index is 14.5. The second kappa shape index (κ2) is 11.9. The number of fused-ring (bicyclic) bond motifs is 2. The Hall–Kier alpha value is -6.92. The molecule has 6 heteroatoms. The minimum Gasteiger partial charge on any atom is -0.294 e. The van der Waals surface area contributed by atoms with Crippen molar-refractivity contribution in [2.45, 2.75) is 0 Å². The zero-order chi connectivity index (χ0) is 45.2. The van der Waals surface area contributed by atoms with Gasteiger partial charge in [0.15, 0.2) is 0 Å². The predicted molar refractivity (Wildman–Crippen MR) is 210 cm³/mol. The van der Waals surface area contributed by atoms with E-state index in [2.05, 4.69) is 9.97 Å². The summed E-state index contributed by atoms with van der Waals surface area (Å²) in [6.07, 6.45) is 0. The lowest BCUT2D eigenvalue weighted by atomic mass is 9.92. The van der Waals surface area contributed by atoms with Crippen LogP contribution in [0.3, 0.4) is 0 Å². The molecule has 0 fully saturated rings. The van der Waals surface area contributed by atoms with E-state index < -0.39 is 84.1 Å². The molecule has 0 aliphatic rings. The maximum Gasteiger partial charge on any atom is 0.138 e. The molecule has 0 atom stereocenters. The molecule has 10 rings (SSSR count). The van der Waals surface area contributed by atoms with E-state index in [1.807, 2.05) is 36.4 Å². The van der Waals surface area contributed by atoms with Gasteiger partial charge in [0.25, 0.3) is 0 Å². The fourth-order valence-electron chi connectivity index (χ4n) is 6.77. The molecule has 2 aromatic heterocycles. The average Bonchev–Trinajstić information content (AvgIpc) is 3.29. The van der Waals surface area contributed by atoms with Gasteiger partial charge in [-0.3, -0.25) is 9.80 Å². The molecule has 0 radical (unpaired) electrons. The van der Waals surface area contributed by atoms with Crippen molar-refractivity contribution in [1.82, 2.24) is 9.97 Å². The van der Waals surface area contributed by atoms with Gasteiger partial charge in [0.2, 0.25) is 0 Å². The zero-order valence-electron chi connectivity index (χ0n) is 38.8. The first-order valence-corrected chi connectivity index (χ1v) is 16.1. The molecule has 0 unspecified atom stereocenters. The Morgan fingerprint density at radius 2 is 0.808 bits per heavy atom. The first-order valence-electron chi connectivity index (χ1n) is 22.1. The lowest BCUT2D eigenvalue weighted by Crippen LogP contribution is -2.13. The number of aromatic nitrogens is 2. The molecule has 0 saturated carbocycles. The molecule has 0 saturated heterocycles. The number of pyridine rings is 2. The van der Waals surface area contributed by atoms with Gasteiger partial charge in [0.05, 0.1) is 38.9 Å². The molecule has 0 N–H and O–H groups in total. The first kappa shape index (κ1) is 20.1. The molecule has 0 spiro atoms. The van der Waals surface area contributed by atoms with Gasteiger partial charge in [0, 0.05) is 32.9 Å². The summed E-state index contributed by atoms with van der Waals surface area (Å²) in [5.41, 5.74) is 1.06. The Bertz CT molecular complexity index is 3390. The molecule has 2 heterocycles. The molecule has 10 aromatic rings. The quantitative estimate of drug-likeness (QED) is 0.163. The summed E-state index contributed by atoms with van der Waals surface area (Å²) < 4.78 is 133. The van der Waals surface area contributed by atoms with Crippen molar-refractivity contribution in [2.24, 2.45) is 0 Å². The minimum absolute atomic E-state index is 0.151. The normalized spacial score (nSPS) is 14.9. The number of benzene rings is 8. The fourth-order valence-corrected chi connectivity index (χ4v) is 6.77. The van der Waals surface area contributed by atoms with Gasteiger partial charge in [0.1, 0.15) is 23.3 Å². The number of hydrogen-bond acceptors (Lipinski definition) is 4. The van der Waals surface area contributed by atoms with Crippen LogP contribution < -0.4 is 9.80 Å². The molecule has 0 amide bonds. The van der Waals surface area contributed by atoms with Crippen molar-refractivity contribution in [1.29, 1.82) is 0 Å². The third kappa shape index (κ3) is 4.88. The summed E-state index contributed by atoms with van der Waals surface area (Å²) in [6.45, 7) is 0. The summed E-state index contributed by atoms with van der Waals surface area (Å²) in [4.78, 5) is 12.4. The van der Waals surface area contributed by atoms with E-state index in [1.165, 1.54) is 48.5 Å². The maximum atomic E-state index is 14.5. The Morgan fingerprint density at radius 1 is 0.404 bits per heavy atom. The highest BCUT2D eigenvalue weighted by atomic mass is 19.1. The molecular weight excluding hydrogens is 647 g/mol. The third-order valence-electron chi connectivity index (χ3n) is 9.06. The zero-order valence-corrected chi connectivity index (χ0v) is 26.8. The molecule has 8 aromatic carbocycles. The molecule has 0 bridgehead atoms. The van der Waals surface area contributed by atoms with Crippen LogP contribution in [-0.2, 0) is 0 Å². The summed E-state index contributed by atoms with van der Waals surface area (Å²) in [7, 11) is 0. The van der Waals surface area contributed by atoms with Crippen molar-refractivity contribution in [2.75, 3.05) is 9.80 Å². The average molecular weight is 687 g/mol. The largest absolute Gasteiger partial charge is 0.294 e. The van der Waals surface area contributed by atoms with Crippen molar-refractivity contribution in [3.63, 3.8) is 0 Å². The Kier molecular flexibility index (Phi) is 4.57. The summed E-state index contributed by atoms with van der Waals surface area (Å²) >= 11 is 0. The highest BCUT2D eigenvalue weighted by molar-refractivity contribution is 6.28. The van der Waals surface area contributed by atoms with Gasteiger partial charge in [-0.15, -0.1) is 0 Å². The summed E-state index contributed by atoms with van der Waals surface area (Å²) in [6, 6.07) is 19.3. The van der Waals surface area contributed by atoms with Crippen LogP contribution in [0.15, 0.2) is 170 Å². The van der Waals surface area contributed by atoms with Crippen LogP contribution in [0, 0.1) is 11.6 Å². The van der Waals surface area contributed by atoms with E-state index in [-0.39, 0.29) is 33.4 Å². The number of hydrogen-bond donors (Lipinski definition) is 0.